The zero-order valence-electron chi connectivity index (χ0n) is 11.0. The number of nitriles is 1. The molecule has 0 saturated carbocycles. The number of aryl methyl sites for hydroxylation is 2. The first-order valence-electron chi connectivity index (χ1n) is 5.69. The van der Waals surface area contributed by atoms with Crippen LogP contribution in [0.25, 0.3) is 11.3 Å². The molecule has 0 radical (unpaired) electrons. The van der Waals surface area contributed by atoms with E-state index < -0.39 is 5.69 Å². The fourth-order valence-electron chi connectivity index (χ4n) is 1.84. The van der Waals surface area contributed by atoms with Crippen LogP contribution in [0.3, 0.4) is 0 Å². The molecule has 5 nitrogen and oxygen atoms in total. The summed E-state index contributed by atoms with van der Waals surface area (Å²) in [6.45, 7) is 1.93. The summed E-state index contributed by atoms with van der Waals surface area (Å²) >= 11 is 0. The van der Waals surface area contributed by atoms with E-state index in [4.69, 9.17) is 4.74 Å². The van der Waals surface area contributed by atoms with Crippen molar-refractivity contribution in [1.82, 2.24) is 9.55 Å². The van der Waals surface area contributed by atoms with Crippen molar-refractivity contribution < 1.29 is 4.74 Å². The number of benzene rings is 1. The number of rotatable bonds is 2. The lowest BCUT2D eigenvalue weighted by atomic mass is 10.0. The summed E-state index contributed by atoms with van der Waals surface area (Å²) in [6, 6.07) is 7.60. The number of methoxy groups -OCH3 is 1. The largest absolute Gasteiger partial charge is 0.496 e. The second-order valence-corrected chi connectivity index (χ2v) is 4.21. The molecule has 1 aromatic carbocycles. The Balaban J connectivity index is 2.79. The van der Waals surface area contributed by atoms with Crippen LogP contribution in [-0.4, -0.2) is 16.7 Å². The van der Waals surface area contributed by atoms with Crippen LogP contribution in [0.15, 0.2) is 29.2 Å². The van der Waals surface area contributed by atoms with Crippen LogP contribution in [0.4, 0.5) is 0 Å². The third kappa shape index (κ3) is 2.33. The second-order valence-electron chi connectivity index (χ2n) is 4.21. The van der Waals surface area contributed by atoms with Gasteiger partial charge in [0.2, 0.25) is 0 Å². The lowest BCUT2D eigenvalue weighted by molar-refractivity contribution is 0.416. The number of hydrogen-bond donors (Lipinski definition) is 0. The molecule has 0 saturated heterocycles. The molecule has 0 fully saturated rings. The normalized spacial score (nSPS) is 10.0. The molecule has 2 rings (SSSR count). The molecule has 1 heterocycles. The summed E-state index contributed by atoms with van der Waals surface area (Å²) in [4.78, 5) is 15.6. The molecule has 1 aromatic heterocycles. The second kappa shape index (κ2) is 4.94. The average molecular weight is 255 g/mol. The molecule has 0 unspecified atom stereocenters. The van der Waals surface area contributed by atoms with Gasteiger partial charge in [0.25, 0.3) is 0 Å². The van der Waals surface area contributed by atoms with Gasteiger partial charge in [0, 0.05) is 18.8 Å². The molecule has 0 amide bonds. The maximum atomic E-state index is 11.7. The van der Waals surface area contributed by atoms with Gasteiger partial charge in [-0.3, -0.25) is 0 Å². The molecule has 0 N–H and O–H groups in total. The highest BCUT2D eigenvalue weighted by molar-refractivity contribution is 5.72. The van der Waals surface area contributed by atoms with Gasteiger partial charge in [-0.25, -0.2) is 4.79 Å². The van der Waals surface area contributed by atoms with Crippen LogP contribution >= 0.6 is 0 Å². The van der Waals surface area contributed by atoms with Crippen molar-refractivity contribution in [3.05, 3.63) is 46.0 Å². The predicted molar refractivity (Wildman–Crippen MR) is 70.9 cm³/mol. The summed E-state index contributed by atoms with van der Waals surface area (Å²) in [5, 5.41) is 9.18. The highest BCUT2D eigenvalue weighted by Gasteiger charge is 2.14. The summed E-state index contributed by atoms with van der Waals surface area (Å²) in [6.07, 6.45) is 1.48. The fraction of sp³-hybridized carbons (Fsp3) is 0.214. The van der Waals surface area contributed by atoms with Crippen LogP contribution in [0.2, 0.25) is 0 Å². The van der Waals surface area contributed by atoms with Gasteiger partial charge >= 0.3 is 5.69 Å². The first kappa shape index (κ1) is 12.8. The Hall–Kier alpha value is -2.61. The Morgan fingerprint density at radius 3 is 2.79 bits per heavy atom. The van der Waals surface area contributed by atoms with E-state index in [1.54, 1.807) is 20.2 Å². The van der Waals surface area contributed by atoms with Gasteiger partial charge in [-0.1, -0.05) is 11.6 Å². The van der Waals surface area contributed by atoms with Gasteiger partial charge in [-0.15, -0.1) is 0 Å². The summed E-state index contributed by atoms with van der Waals surface area (Å²) in [7, 11) is 3.11. The van der Waals surface area contributed by atoms with Crippen molar-refractivity contribution in [2.45, 2.75) is 6.92 Å². The molecular formula is C14H13N3O2. The van der Waals surface area contributed by atoms with Gasteiger partial charge in [-0.05, 0) is 19.1 Å². The van der Waals surface area contributed by atoms with Gasteiger partial charge < -0.3 is 9.30 Å². The fourth-order valence-corrected chi connectivity index (χ4v) is 1.84. The topological polar surface area (TPSA) is 67.9 Å². The Labute approximate surface area is 110 Å². The SMILES string of the molecule is COc1ccc(C)cc1-c1nc(=O)n(C)cc1C#N. The molecule has 96 valence electrons. The molecule has 19 heavy (non-hydrogen) atoms. The van der Waals surface area contributed by atoms with Crippen LogP contribution in [0, 0.1) is 18.3 Å². The predicted octanol–water partition coefficient (Wildman–Crippen LogP) is 1.64. The first-order chi connectivity index (χ1) is 9.06. The van der Waals surface area contributed by atoms with E-state index in [1.807, 2.05) is 19.1 Å². The molecular weight excluding hydrogens is 242 g/mol. The van der Waals surface area contributed by atoms with Gasteiger partial charge in [0.15, 0.2) is 0 Å². The highest BCUT2D eigenvalue weighted by atomic mass is 16.5. The molecule has 0 aliphatic heterocycles. The third-order valence-electron chi connectivity index (χ3n) is 2.82. The smallest absolute Gasteiger partial charge is 0.347 e. The lowest BCUT2D eigenvalue weighted by Gasteiger charge is -2.10. The summed E-state index contributed by atoms with van der Waals surface area (Å²) < 4.78 is 6.55. The van der Waals surface area contributed by atoms with Crippen molar-refractivity contribution in [2.75, 3.05) is 7.11 Å². The summed E-state index contributed by atoms with van der Waals surface area (Å²) in [5.41, 5.74) is 1.94. The number of ether oxygens (including phenoxy) is 1. The minimum Gasteiger partial charge on any atom is -0.496 e. The maximum absolute atomic E-state index is 11.7. The summed E-state index contributed by atoms with van der Waals surface area (Å²) in [5.74, 6) is 0.586. The van der Waals surface area contributed by atoms with Gasteiger partial charge in [0.1, 0.15) is 11.8 Å². The Bertz CT molecular complexity index is 726. The molecule has 0 aliphatic carbocycles. The van der Waals surface area contributed by atoms with Crippen molar-refractivity contribution >= 4 is 0 Å². The van der Waals surface area contributed by atoms with Crippen molar-refractivity contribution in [2.24, 2.45) is 7.05 Å². The third-order valence-corrected chi connectivity index (χ3v) is 2.82. The number of nitrogens with zero attached hydrogens (tertiary/aromatic N) is 3. The van der Waals surface area contributed by atoms with Crippen LogP contribution in [0.1, 0.15) is 11.1 Å². The van der Waals surface area contributed by atoms with Crippen LogP contribution in [-0.2, 0) is 7.05 Å². The quantitative estimate of drug-likeness (QED) is 0.818. The van der Waals surface area contributed by atoms with Crippen molar-refractivity contribution in [3.8, 4) is 23.1 Å². The van der Waals surface area contributed by atoms with E-state index in [-0.39, 0.29) is 0 Å². The van der Waals surface area contributed by atoms with Crippen molar-refractivity contribution in [1.29, 1.82) is 5.26 Å². The van der Waals surface area contributed by atoms with Gasteiger partial charge in [-0.2, -0.15) is 10.2 Å². The minimum absolute atomic E-state index is 0.339. The number of aromatic nitrogens is 2. The number of hydrogen-bond acceptors (Lipinski definition) is 4. The van der Waals surface area contributed by atoms with E-state index in [0.717, 1.165) is 5.56 Å². The maximum Gasteiger partial charge on any atom is 0.347 e. The van der Waals surface area contributed by atoms with E-state index in [1.165, 1.54) is 10.8 Å². The molecule has 0 bridgehead atoms. The van der Waals surface area contributed by atoms with Gasteiger partial charge in [0.05, 0.1) is 18.4 Å². The Kier molecular flexibility index (Phi) is 3.34. The monoisotopic (exact) mass is 255 g/mol. The first-order valence-corrected chi connectivity index (χ1v) is 5.69. The lowest BCUT2D eigenvalue weighted by Crippen LogP contribution is -2.21. The zero-order valence-corrected chi connectivity index (χ0v) is 11.0. The standard InChI is InChI=1S/C14H13N3O2/c1-9-4-5-12(19-3)11(6-9)13-10(7-15)8-17(2)14(18)16-13/h4-6,8H,1-3H3. The molecule has 2 aromatic rings. The van der Waals surface area contributed by atoms with E-state index in [0.29, 0.717) is 22.6 Å². The Morgan fingerprint density at radius 1 is 1.42 bits per heavy atom. The minimum atomic E-state index is -0.405. The zero-order chi connectivity index (χ0) is 14.0. The van der Waals surface area contributed by atoms with Crippen LogP contribution in [0.5, 0.6) is 5.75 Å². The average Bonchev–Trinajstić information content (AvgIpc) is 2.41. The molecule has 0 spiro atoms. The van der Waals surface area contributed by atoms with E-state index in [9.17, 15) is 10.1 Å². The molecule has 0 atom stereocenters. The highest BCUT2D eigenvalue weighted by Crippen LogP contribution is 2.30. The molecule has 5 heteroatoms. The van der Waals surface area contributed by atoms with Crippen LogP contribution < -0.4 is 10.4 Å². The Morgan fingerprint density at radius 2 is 2.16 bits per heavy atom. The van der Waals surface area contributed by atoms with Crippen molar-refractivity contribution in [3.63, 3.8) is 0 Å². The molecule has 0 aliphatic rings. The van der Waals surface area contributed by atoms with E-state index >= 15 is 0 Å². The van der Waals surface area contributed by atoms with E-state index in [2.05, 4.69) is 11.1 Å².